The Hall–Kier alpha value is -1.57. The van der Waals surface area contributed by atoms with Gasteiger partial charge in [0.1, 0.15) is 0 Å². The summed E-state index contributed by atoms with van der Waals surface area (Å²) in [4.78, 5) is 0. The van der Waals surface area contributed by atoms with Crippen LogP contribution in [0.3, 0.4) is 0 Å². The molecule has 1 aromatic carbocycles. The summed E-state index contributed by atoms with van der Waals surface area (Å²) in [5, 5.41) is 4.08. The molecule has 0 radical (unpaired) electrons. The predicted octanol–water partition coefficient (Wildman–Crippen LogP) is 1.96. The molecule has 0 saturated heterocycles. The van der Waals surface area contributed by atoms with Gasteiger partial charge in [0.2, 0.25) is 0 Å². The first-order chi connectivity index (χ1) is 6.38. The highest BCUT2D eigenvalue weighted by Gasteiger charge is 2.36. The van der Waals surface area contributed by atoms with Crippen LogP contribution < -0.4 is 5.43 Å². The summed E-state index contributed by atoms with van der Waals surface area (Å²) in [5.41, 5.74) is 6.92. The third kappa shape index (κ3) is 0.750. The first-order valence-corrected chi connectivity index (χ1v) is 4.45. The largest absolute Gasteiger partial charge is 0.302 e. The van der Waals surface area contributed by atoms with E-state index in [1.54, 1.807) is 0 Å². The van der Waals surface area contributed by atoms with Gasteiger partial charge in [-0.3, -0.25) is 0 Å². The molecule has 2 nitrogen and oxygen atoms in total. The molecule has 2 aliphatic rings. The molecule has 1 N–H and O–H groups in total. The Morgan fingerprint density at radius 2 is 2.15 bits per heavy atom. The second-order valence-corrected chi connectivity index (χ2v) is 3.52. The van der Waals surface area contributed by atoms with Crippen molar-refractivity contribution in [3.05, 3.63) is 42.0 Å². The summed E-state index contributed by atoms with van der Waals surface area (Å²) in [6.07, 6.45) is 1.95. The molecule has 0 bridgehead atoms. The van der Waals surface area contributed by atoms with Crippen molar-refractivity contribution < 1.29 is 0 Å². The number of nitrogens with one attached hydrogen (secondary N) is 1. The van der Waals surface area contributed by atoms with Gasteiger partial charge in [0.25, 0.3) is 0 Å². The minimum absolute atomic E-state index is 0.337. The molecule has 1 aliphatic carbocycles. The van der Waals surface area contributed by atoms with E-state index in [-0.39, 0.29) is 0 Å². The average Bonchev–Trinajstić information content (AvgIpc) is 2.72. The standard InChI is InChI=1S/C11H10N2/c1-7-8-4-2-3-5-9(8)11-10(7)6-12-13-11/h2-6,10-11,13H,1H2. The van der Waals surface area contributed by atoms with E-state index in [2.05, 4.69) is 41.4 Å². The summed E-state index contributed by atoms with van der Waals surface area (Å²) in [5.74, 6) is 0.373. The van der Waals surface area contributed by atoms with E-state index in [0.29, 0.717) is 12.0 Å². The number of hydrazone groups is 1. The van der Waals surface area contributed by atoms with Crippen molar-refractivity contribution in [3.63, 3.8) is 0 Å². The van der Waals surface area contributed by atoms with Crippen molar-refractivity contribution in [2.75, 3.05) is 0 Å². The van der Waals surface area contributed by atoms with Gasteiger partial charge in [-0.2, -0.15) is 5.10 Å². The van der Waals surface area contributed by atoms with Crippen molar-refractivity contribution in [2.45, 2.75) is 6.04 Å². The fourth-order valence-corrected chi connectivity index (χ4v) is 2.16. The Morgan fingerprint density at radius 1 is 1.31 bits per heavy atom. The van der Waals surface area contributed by atoms with Crippen LogP contribution in [0.1, 0.15) is 17.2 Å². The fourth-order valence-electron chi connectivity index (χ4n) is 2.16. The number of benzene rings is 1. The van der Waals surface area contributed by atoms with E-state index in [1.807, 2.05) is 6.21 Å². The van der Waals surface area contributed by atoms with Crippen LogP contribution >= 0.6 is 0 Å². The molecular formula is C11H10N2. The van der Waals surface area contributed by atoms with E-state index >= 15 is 0 Å². The predicted molar refractivity (Wildman–Crippen MR) is 53.3 cm³/mol. The second-order valence-electron chi connectivity index (χ2n) is 3.52. The van der Waals surface area contributed by atoms with Gasteiger partial charge in [0.05, 0.1) is 6.04 Å². The van der Waals surface area contributed by atoms with Crippen LogP contribution in [0.5, 0.6) is 0 Å². The molecule has 0 spiro atoms. The summed E-state index contributed by atoms with van der Waals surface area (Å²) in [7, 11) is 0. The highest BCUT2D eigenvalue weighted by Crippen LogP contribution is 2.44. The molecule has 2 atom stereocenters. The van der Waals surface area contributed by atoms with Crippen LogP contribution in [0.2, 0.25) is 0 Å². The van der Waals surface area contributed by atoms with Crippen LogP contribution in [0.25, 0.3) is 5.57 Å². The smallest absolute Gasteiger partial charge is 0.0814 e. The summed E-state index contributed by atoms with van der Waals surface area (Å²) in [6, 6.07) is 8.73. The van der Waals surface area contributed by atoms with Crippen LogP contribution in [0, 0.1) is 5.92 Å². The molecule has 1 aliphatic heterocycles. The van der Waals surface area contributed by atoms with E-state index in [0.717, 1.165) is 0 Å². The van der Waals surface area contributed by atoms with Gasteiger partial charge in [-0.25, -0.2) is 0 Å². The zero-order valence-corrected chi connectivity index (χ0v) is 7.20. The lowest BCUT2D eigenvalue weighted by Crippen LogP contribution is -2.12. The molecule has 0 aromatic heterocycles. The SMILES string of the molecule is C=C1c2ccccc2C2NN=CC12. The van der Waals surface area contributed by atoms with Gasteiger partial charge < -0.3 is 5.43 Å². The maximum Gasteiger partial charge on any atom is 0.0814 e. The number of nitrogens with zero attached hydrogens (tertiary/aromatic N) is 1. The summed E-state index contributed by atoms with van der Waals surface area (Å²) >= 11 is 0. The molecule has 0 amide bonds. The van der Waals surface area contributed by atoms with Crippen molar-refractivity contribution >= 4 is 11.8 Å². The first kappa shape index (κ1) is 6.89. The summed E-state index contributed by atoms with van der Waals surface area (Å²) < 4.78 is 0. The lowest BCUT2D eigenvalue weighted by Gasteiger charge is -2.08. The molecule has 1 heterocycles. The molecule has 3 rings (SSSR count). The van der Waals surface area contributed by atoms with Crippen molar-refractivity contribution in [1.82, 2.24) is 5.43 Å². The van der Waals surface area contributed by atoms with E-state index in [4.69, 9.17) is 0 Å². The first-order valence-electron chi connectivity index (χ1n) is 4.45. The van der Waals surface area contributed by atoms with Gasteiger partial charge in [-0.1, -0.05) is 30.8 Å². The molecule has 64 valence electrons. The van der Waals surface area contributed by atoms with Gasteiger partial charge >= 0.3 is 0 Å². The Morgan fingerprint density at radius 3 is 3.08 bits per heavy atom. The monoisotopic (exact) mass is 170 g/mol. The Balaban J connectivity index is 2.21. The van der Waals surface area contributed by atoms with Gasteiger partial charge in [-0.05, 0) is 16.7 Å². The van der Waals surface area contributed by atoms with Crippen LogP contribution in [-0.4, -0.2) is 6.21 Å². The van der Waals surface area contributed by atoms with E-state index in [1.165, 1.54) is 16.7 Å². The Bertz CT molecular complexity index is 406. The minimum atomic E-state index is 0.337. The molecule has 13 heavy (non-hydrogen) atoms. The molecular weight excluding hydrogens is 160 g/mol. The maximum absolute atomic E-state index is 4.11. The number of hydrogen-bond acceptors (Lipinski definition) is 2. The normalized spacial score (nSPS) is 28.5. The quantitative estimate of drug-likeness (QED) is 0.632. The van der Waals surface area contributed by atoms with Crippen molar-refractivity contribution in [1.29, 1.82) is 0 Å². The van der Waals surface area contributed by atoms with Gasteiger partial charge in [0.15, 0.2) is 0 Å². The van der Waals surface area contributed by atoms with E-state index < -0.39 is 0 Å². The molecule has 1 aromatic rings. The molecule has 0 saturated carbocycles. The molecule has 2 heteroatoms. The van der Waals surface area contributed by atoms with Crippen molar-refractivity contribution in [3.8, 4) is 0 Å². The zero-order valence-electron chi connectivity index (χ0n) is 7.20. The third-order valence-electron chi connectivity index (χ3n) is 2.85. The van der Waals surface area contributed by atoms with Crippen molar-refractivity contribution in [2.24, 2.45) is 11.0 Å². The highest BCUT2D eigenvalue weighted by molar-refractivity contribution is 5.89. The lowest BCUT2D eigenvalue weighted by molar-refractivity contribution is 0.585. The fraction of sp³-hybridized carbons (Fsp3) is 0.182. The van der Waals surface area contributed by atoms with Crippen LogP contribution in [0.15, 0.2) is 35.9 Å². The Labute approximate surface area is 77.0 Å². The zero-order chi connectivity index (χ0) is 8.84. The van der Waals surface area contributed by atoms with E-state index in [9.17, 15) is 0 Å². The molecule has 0 fully saturated rings. The Kier molecular flexibility index (Phi) is 1.18. The average molecular weight is 170 g/mol. The van der Waals surface area contributed by atoms with Gasteiger partial charge in [-0.15, -0.1) is 0 Å². The number of fused-ring (bicyclic) bond motifs is 3. The lowest BCUT2D eigenvalue weighted by atomic mass is 10.0. The topological polar surface area (TPSA) is 24.4 Å². The van der Waals surface area contributed by atoms with Gasteiger partial charge in [0, 0.05) is 12.1 Å². The second kappa shape index (κ2) is 2.22. The number of rotatable bonds is 0. The van der Waals surface area contributed by atoms with Crippen LogP contribution in [0.4, 0.5) is 0 Å². The third-order valence-corrected chi connectivity index (χ3v) is 2.85. The maximum atomic E-state index is 4.11. The summed E-state index contributed by atoms with van der Waals surface area (Å²) in [6.45, 7) is 4.11. The van der Waals surface area contributed by atoms with Crippen LogP contribution in [-0.2, 0) is 0 Å². The number of hydrogen-bond donors (Lipinski definition) is 1. The minimum Gasteiger partial charge on any atom is -0.302 e. The molecule has 2 unspecified atom stereocenters. The highest BCUT2D eigenvalue weighted by atomic mass is 15.3.